The van der Waals surface area contributed by atoms with Crippen LogP contribution in [-0.2, 0) is 6.42 Å². The minimum absolute atomic E-state index is 0.372. The summed E-state index contributed by atoms with van der Waals surface area (Å²) in [5.74, 6) is 0.573. The summed E-state index contributed by atoms with van der Waals surface area (Å²) in [6.45, 7) is 1.92. The number of pyridine rings is 1. The smallest absolute Gasteiger partial charge is 0.219 e. The van der Waals surface area contributed by atoms with E-state index >= 15 is 0 Å². The van der Waals surface area contributed by atoms with E-state index in [0.717, 1.165) is 23.2 Å². The van der Waals surface area contributed by atoms with Gasteiger partial charge in [0.1, 0.15) is 0 Å². The number of hydrogen-bond donors (Lipinski definition) is 1. The molecule has 12 heavy (non-hydrogen) atoms. The van der Waals surface area contributed by atoms with Crippen LogP contribution >= 0.6 is 0 Å². The highest BCUT2D eigenvalue weighted by molar-refractivity contribution is 5.45. The minimum Gasteiger partial charge on any atom is -0.481 e. The Morgan fingerprint density at radius 1 is 1.67 bits per heavy atom. The first-order valence-electron chi connectivity index (χ1n) is 3.95. The van der Waals surface area contributed by atoms with E-state index in [2.05, 4.69) is 4.98 Å². The SMILES string of the molecule is COc1nc(C)cc2c1C(O)C2. The molecule has 0 saturated heterocycles. The van der Waals surface area contributed by atoms with E-state index in [-0.39, 0.29) is 6.10 Å². The van der Waals surface area contributed by atoms with Crippen LogP contribution in [0.15, 0.2) is 6.07 Å². The molecule has 0 saturated carbocycles. The van der Waals surface area contributed by atoms with Gasteiger partial charge in [0.05, 0.1) is 13.2 Å². The molecule has 1 unspecified atom stereocenters. The average molecular weight is 165 g/mol. The Bertz CT molecular complexity index is 323. The lowest BCUT2D eigenvalue weighted by Crippen LogP contribution is -2.19. The van der Waals surface area contributed by atoms with Crippen molar-refractivity contribution in [2.24, 2.45) is 0 Å². The van der Waals surface area contributed by atoms with Gasteiger partial charge < -0.3 is 9.84 Å². The van der Waals surface area contributed by atoms with Gasteiger partial charge in [-0.05, 0) is 18.6 Å². The van der Waals surface area contributed by atoms with Crippen molar-refractivity contribution in [3.63, 3.8) is 0 Å². The number of aryl methyl sites for hydroxylation is 1. The highest BCUT2D eigenvalue weighted by Crippen LogP contribution is 2.38. The Morgan fingerprint density at radius 2 is 2.42 bits per heavy atom. The summed E-state index contributed by atoms with van der Waals surface area (Å²) in [7, 11) is 1.58. The van der Waals surface area contributed by atoms with Crippen molar-refractivity contribution in [3.8, 4) is 5.88 Å². The van der Waals surface area contributed by atoms with Crippen LogP contribution in [-0.4, -0.2) is 17.2 Å². The van der Waals surface area contributed by atoms with Crippen LogP contribution < -0.4 is 4.74 Å². The third-order valence-electron chi connectivity index (χ3n) is 2.18. The molecule has 0 bridgehead atoms. The summed E-state index contributed by atoms with van der Waals surface area (Å²) < 4.78 is 5.06. The molecule has 64 valence electrons. The number of nitrogens with zero attached hydrogens (tertiary/aromatic N) is 1. The minimum atomic E-state index is -0.372. The topological polar surface area (TPSA) is 42.4 Å². The number of aliphatic hydroxyl groups excluding tert-OH is 1. The van der Waals surface area contributed by atoms with E-state index in [0.29, 0.717) is 5.88 Å². The molecule has 0 fully saturated rings. The summed E-state index contributed by atoms with van der Waals surface area (Å²) in [4.78, 5) is 4.17. The molecule has 1 aromatic rings. The maximum Gasteiger partial charge on any atom is 0.219 e. The second-order valence-corrected chi connectivity index (χ2v) is 3.07. The number of aliphatic hydroxyl groups is 1. The maximum absolute atomic E-state index is 9.38. The van der Waals surface area contributed by atoms with Crippen LogP contribution in [0.5, 0.6) is 5.88 Å². The second kappa shape index (κ2) is 2.45. The lowest BCUT2D eigenvalue weighted by Gasteiger charge is -2.27. The van der Waals surface area contributed by atoms with E-state index in [4.69, 9.17) is 4.74 Å². The van der Waals surface area contributed by atoms with Crippen molar-refractivity contribution in [2.45, 2.75) is 19.4 Å². The predicted molar refractivity (Wildman–Crippen MR) is 44.2 cm³/mol. The Morgan fingerprint density at radius 3 is 3.00 bits per heavy atom. The van der Waals surface area contributed by atoms with Gasteiger partial charge in [0.15, 0.2) is 0 Å². The fourth-order valence-electron chi connectivity index (χ4n) is 1.58. The van der Waals surface area contributed by atoms with Crippen LogP contribution in [0, 0.1) is 6.92 Å². The normalized spacial score (nSPS) is 19.8. The molecule has 3 nitrogen and oxygen atoms in total. The molecule has 1 atom stereocenters. The fourth-order valence-corrected chi connectivity index (χ4v) is 1.58. The molecular weight excluding hydrogens is 154 g/mol. The van der Waals surface area contributed by atoms with Crippen molar-refractivity contribution in [3.05, 3.63) is 22.9 Å². The molecule has 0 aromatic carbocycles. The van der Waals surface area contributed by atoms with Gasteiger partial charge in [-0.1, -0.05) is 0 Å². The lowest BCUT2D eigenvalue weighted by molar-refractivity contribution is 0.147. The van der Waals surface area contributed by atoms with Crippen molar-refractivity contribution in [1.82, 2.24) is 4.98 Å². The molecule has 0 amide bonds. The van der Waals surface area contributed by atoms with Gasteiger partial charge in [0.25, 0.3) is 0 Å². The fraction of sp³-hybridized carbons (Fsp3) is 0.444. The number of fused-ring (bicyclic) bond motifs is 1. The molecule has 0 spiro atoms. The number of methoxy groups -OCH3 is 1. The van der Waals surface area contributed by atoms with Crippen LogP contribution in [0.4, 0.5) is 0 Å². The largest absolute Gasteiger partial charge is 0.481 e. The highest BCUT2D eigenvalue weighted by atomic mass is 16.5. The summed E-state index contributed by atoms with van der Waals surface area (Å²) in [5, 5.41) is 9.38. The zero-order valence-electron chi connectivity index (χ0n) is 7.16. The van der Waals surface area contributed by atoms with Gasteiger partial charge in [-0.25, -0.2) is 4.98 Å². The molecule has 1 N–H and O–H groups in total. The molecule has 1 aliphatic rings. The van der Waals surface area contributed by atoms with Gasteiger partial charge in [-0.2, -0.15) is 0 Å². The van der Waals surface area contributed by atoms with Crippen molar-refractivity contribution in [2.75, 3.05) is 7.11 Å². The summed E-state index contributed by atoms with van der Waals surface area (Å²) in [6, 6.07) is 1.99. The second-order valence-electron chi connectivity index (χ2n) is 3.07. The van der Waals surface area contributed by atoms with Crippen LogP contribution in [0.3, 0.4) is 0 Å². The number of hydrogen-bond acceptors (Lipinski definition) is 3. The summed E-state index contributed by atoms with van der Waals surface area (Å²) >= 11 is 0. The number of rotatable bonds is 1. The summed E-state index contributed by atoms with van der Waals surface area (Å²) in [6.07, 6.45) is 0.359. The molecule has 1 heterocycles. The van der Waals surface area contributed by atoms with Gasteiger partial charge in [-0.15, -0.1) is 0 Å². The monoisotopic (exact) mass is 165 g/mol. The van der Waals surface area contributed by atoms with Crippen LogP contribution in [0.1, 0.15) is 22.9 Å². The molecule has 0 aliphatic heterocycles. The maximum atomic E-state index is 9.38. The van der Waals surface area contributed by atoms with E-state index < -0.39 is 0 Å². The Hall–Kier alpha value is -1.09. The van der Waals surface area contributed by atoms with Crippen molar-refractivity contribution < 1.29 is 9.84 Å². The third kappa shape index (κ3) is 0.898. The first-order valence-corrected chi connectivity index (χ1v) is 3.95. The lowest BCUT2D eigenvalue weighted by atomic mass is 9.86. The van der Waals surface area contributed by atoms with Crippen molar-refractivity contribution >= 4 is 0 Å². The Balaban J connectivity index is 2.54. The Kier molecular flexibility index (Phi) is 1.54. The van der Waals surface area contributed by atoms with Gasteiger partial charge in [0.2, 0.25) is 5.88 Å². The van der Waals surface area contributed by atoms with E-state index in [9.17, 15) is 5.11 Å². The third-order valence-corrected chi connectivity index (χ3v) is 2.18. The molecule has 0 radical (unpaired) electrons. The van der Waals surface area contributed by atoms with Crippen LogP contribution in [0.2, 0.25) is 0 Å². The standard InChI is InChI=1S/C9H11NO2/c1-5-3-6-4-7(11)8(6)9(10-5)12-2/h3,7,11H,4H2,1-2H3. The van der Waals surface area contributed by atoms with Crippen molar-refractivity contribution in [1.29, 1.82) is 0 Å². The van der Waals surface area contributed by atoms with E-state index in [1.807, 2.05) is 13.0 Å². The molecule has 2 rings (SSSR count). The zero-order valence-corrected chi connectivity index (χ0v) is 7.16. The number of aromatic nitrogens is 1. The first-order chi connectivity index (χ1) is 5.72. The average Bonchev–Trinajstić information content (AvgIpc) is 2.01. The molecule has 1 aliphatic carbocycles. The predicted octanol–water partition coefficient (Wildman–Crippen LogP) is 0.988. The molecular formula is C9H11NO2. The quantitative estimate of drug-likeness (QED) is 0.674. The van der Waals surface area contributed by atoms with Gasteiger partial charge >= 0.3 is 0 Å². The van der Waals surface area contributed by atoms with Gasteiger partial charge in [0, 0.05) is 17.7 Å². The van der Waals surface area contributed by atoms with Gasteiger partial charge in [-0.3, -0.25) is 0 Å². The Labute approximate surface area is 71.0 Å². The summed E-state index contributed by atoms with van der Waals surface area (Å²) in [5.41, 5.74) is 2.97. The zero-order chi connectivity index (χ0) is 8.72. The van der Waals surface area contributed by atoms with E-state index in [1.165, 1.54) is 0 Å². The number of ether oxygens (including phenoxy) is 1. The first kappa shape index (κ1) is 7.55. The highest BCUT2D eigenvalue weighted by Gasteiger charge is 2.29. The van der Waals surface area contributed by atoms with Crippen LogP contribution in [0.25, 0.3) is 0 Å². The van der Waals surface area contributed by atoms with E-state index in [1.54, 1.807) is 7.11 Å². The molecule has 1 aromatic heterocycles. The molecule has 3 heteroatoms.